The van der Waals surface area contributed by atoms with Crippen molar-refractivity contribution in [3.05, 3.63) is 87.2 Å². The first-order chi connectivity index (χ1) is 18.7. The molecule has 0 aromatic carbocycles. The van der Waals surface area contributed by atoms with Crippen LogP contribution in [-0.2, 0) is 0 Å². The van der Waals surface area contributed by atoms with Gasteiger partial charge in [0.05, 0.1) is 18.9 Å². The maximum Gasteiger partial charge on any atom is 0.280 e. The zero-order chi connectivity index (χ0) is 27.8. The van der Waals surface area contributed by atoms with Crippen molar-refractivity contribution in [2.45, 2.75) is 32.6 Å². The first kappa shape index (κ1) is 26.3. The molecule has 1 saturated carbocycles. The predicted molar refractivity (Wildman–Crippen MR) is 143 cm³/mol. The van der Waals surface area contributed by atoms with E-state index >= 15 is 0 Å². The molecule has 4 aromatic rings. The number of pyridine rings is 3. The van der Waals surface area contributed by atoms with Crippen molar-refractivity contribution in [1.82, 2.24) is 24.7 Å². The Balaban J connectivity index is 1.57. The molecule has 0 spiro atoms. The summed E-state index contributed by atoms with van der Waals surface area (Å²) in [7, 11) is 1.37. The number of hydrogen-bond acceptors (Lipinski definition) is 8. The van der Waals surface area contributed by atoms with Crippen LogP contribution in [0.4, 0.5) is 13.9 Å². The third kappa shape index (κ3) is 5.32. The lowest BCUT2D eigenvalue weighted by Gasteiger charge is -2.15. The highest BCUT2D eigenvalue weighted by atomic mass is 32.1. The molecule has 4 aromatic heterocycles. The van der Waals surface area contributed by atoms with E-state index in [0.717, 1.165) is 28.6 Å². The largest absolute Gasteiger partial charge is 0.494 e. The number of nitrogens with one attached hydrogen (secondary N) is 1. The highest BCUT2D eigenvalue weighted by Crippen LogP contribution is 2.52. The van der Waals surface area contributed by atoms with Crippen molar-refractivity contribution < 1.29 is 18.3 Å². The smallest absolute Gasteiger partial charge is 0.280 e. The van der Waals surface area contributed by atoms with E-state index in [0.29, 0.717) is 11.0 Å². The van der Waals surface area contributed by atoms with Crippen LogP contribution in [0.25, 0.3) is 16.9 Å². The van der Waals surface area contributed by atoms with Crippen LogP contribution in [0.5, 0.6) is 5.75 Å². The molecule has 0 bridgehead atoms. The molecule has 1 amide bonds. The molecule has 200 valence electrons. The summed E-state index contributed by atoms with van der Waals surface area (Å²) in [5, 5.41) is 12.2. The average Bonchev–Trinajstić information content (AvgIpc) is 3.59. The summed E-state index contributed by atoms with van der Waals surface area (Å²) in [4.78, 5) is 34.2. The molecule has 1 aliphatic rings. The van der Waals surface area contributed by atoms with Gasteiger partial charge >= 0.3 is 0 Å². The van der Waals surface area contributed by atoms with Crippen molar-refractivity contribution in [1.29, 1.82) is 0 Å². The molecular weight excluding hydrogens is 526 g/mol. The SMILES string of the molecule is C=C(C)[C@@H]1CC1c1nnc(NC(=O)c2cnc(-n3ccc(C)cc3=O)cc2-c2cc(C(F)F)ncc2OC)s1. The molecule has 1 unspecified atom stereocenters. The Morgan fingerprint density at radius 1 is 1.21 bits per heavy atom. The van der Waals surface area contributed by atoms with E-state index in [-0.39, 0.29) is 39.7 Å². The average molecular weight is 551 g/mol. The third-order valence-electron chi connectivity index (χ3n) is 6.48. The van der Waals surface area contributed by atoms with E-state index in [4.69, 9.17) is 4.74 Å². The zero-order valence-corrected chi connectivity index (χ0v) is 22.1. The van der Waals surface area contributed by atoms with E-state index in [9.17, 15) is 18.4 Å². The fraction of sp³-hybridized carbons (Fsp3) is 0.259. The van der Waals surface area contributed by atoms with Crippen LogP contribution in [-0.4, -0.2) is 37.7 Å². The molecule has 4 heterocycles. The minimum absolute atomic E-state index is 0.0617. The highest BCUT2D eigenvalue weighted by molar-refractivity contribution is 7.15. The van der Waals surface area contributed by atoms with Gasteiger partial charge in [-0.25, -0.2) is 13.8 Å². The number of hydrogen-bond donors (Lipinski definition) is 1. The Labute approximate surface area is 226 Å². The van der Waals surface area contributed by atoms with Crippen LogP contribution in [0.1, 0.15) is 52.3 Å². The van der Waals surface area contributed by atoms with Crippen LogP contribution < -0.4 is 15.6 Å². The number of ether oxygens (including phenoxy) is 1. The van der Waals surface area contributed by atoms with E-state index < -0.39 is 18.0 Å². The minimum Gasteiger partial charge on any atom is -0.494 e. The number of carbonyl (C=O) groups is 1. The van der Waals surface area contributed by atoms with Gasteiger partial charge < -0.3 is 4.74 Å². The van der Waals surface area contributed by atoms with Crippen LogP contribution in [0, 0.1) is 12.8 Å². The van der Waals surface area contributed by atoms with Crippen molar-refractivity contribution in [2.24, 2.45) is 5.92 Å². The summed E-state index contributed by atoms with van der Waals surface area (Å²) in [5.41, 5.74) is 1.49. The quantitative estimate of drug-likeness (QED) is 0.295. The number of aryl methyl sites for hydroxylation is 1. The predicted octanol–water partition coefficient (Wildman–Crippen LogP) is 5.33. The lowest BCUT2D eigenvalue weighted by molar-refractivity contribution is 0.102. The van der Waals surface area contributed by atoms with Gasteiger partial charge in [-0.1, -0.05) is 23.5 Å². The van der Waals surface area contributed by atoms with Crippen molar-refractivity contribution in [3.8, 4) is 22.7 Å². The number of amides is 1. The number of anilines is 1. The van der Waals surface area contributed by atoms with Gasteiger partial charge in [0, 0.05) is 35.5 Å². The van der Waals surface area contributed by atoms with Gasteiger partial charge in [-0.15, -0.1) is 10.2 Å². The molecular formula is C27H24F2N6O3S. The minimum atomic E-state index is -2.85. The van der Waals surface area contributed by atoms with E-state index in [1.54, 1.807) is 19.2 Å². The van der Waals surface area contributed by atoms with Crippen molar-refractivity contribution in [2.75, 3.05) is 12.4 Å². The molecule has 0 saturated heterocycles. The van der Waals surface area contributed by atoms with Gasteiger partial charge in [0.25, 0.3) is 17.9 Å². The third-order valence-corrected chi connectivity index (χ3v) is 7.45. The second-order valence-corrected chi connectivity index (χ2v) is 10.3. The number of alkyl halides is 2. The second kappa shape index (κ2) is 10.4. The van der Waals surface area contributed by atoms with Crippen molar-refractivity contribution >= 4 is 22.4 Å². The van der Waals surface area contributed by atoms with Gasteiger partial charge in [0.1, 0.15) is 22.3 Å². The number of rotatable bonds is 8. The lowest BCUT2D eigenvalue weighted by atomic mass is 10.00. The summed E-state index contributed by atoms with van der Waals surface area (Å²) in [6.07, 6.45) is 2.10. The number of methoxy groups -OCH3 is 1. The Morgan fingerprint density at radius 2 is 2.00 bits per heavy atom. The summed E-state index contributed by atoms with van der Waals surface area (Å²) in [5.74, 6) is 0.385. The lowest BCUT2D eigenvalue weighted by Crippen LogP contribution is -2.19. The van der Waals surface area contributed by atoms with Crippen LogP contribution in [0.3, 0.4) is 0 Å². The van der Waals surface area contributed by atoms with Gasteiger partial charge in [-0.2, -0.15) is 0 Å². The van der Waals surface area contributed by atoms with Crippen LogP contribution in [0.2, 0.25) is 0 Å². The molecule has 0 radical (unpaired) electrons. The molecule has 0 aliphatic heterocycles. The van der Waals surface area contributed by atoms with E-state index in [2.05, 4.69) is 32.1 Å². The molecule has 1 N–H and O–H groups in total. The van der Waals surface area contributed by atoms with E-state index in [1.807, 2.05) is 6.92 Å². The van der Waals surface area contributed by atoms with Crippen LogP contribution in [0.15, 0.2) is 59.8 Å². The molecule has 5 rings (SSSR count). The molecule has 9 nitrogen and oxygen atoms in total. The monoisotopic (exact) mass is 550 g/mol. The maximum absolute atomic E-state index is 13.6. The van der Waals surface area contributed by atoms with Gasteiger partial charge in [-0.05, 0) is 49.9 Å². The fourth-order valence-corrected chi connectivity index (χ4v) is 5.23. The number of nitrogens with zero attached hydrogens (tertiary/aromatic N) is 5. The first-order valence-electron chi connectivity index (χ1n) is 12.0. The molecule has 12 heteroatoms. The maximum atomic E-state index is 13.6. The van der Waals surface area contributed by atoms with Crippen LogP contribution >= 0.6 is 11.3 Å². The van der Waals surface area contributed by atoms with Crippen molar-refractivity contribution in [3.63, 3.8) is 0 Å². The normalized spacial score (nSPS) is 16.3. The first-order valence-corrected chi connectivity index (χ1v) is 12.8. The Morgan fingerprint density at radius 3 is 2.67 bits per heavy atom. The van der Waals surface area contributed by atoms with Gasteiger partial charge in [0.15, 0.2) is 0 Å². The van der Waals surface area contributed by atoms with Gasteiger partial charge in [-0.3, -0.25) is 24.5 Å². The number of aromatic nitrogens is 5. The standard InChI is InChI=1S/C27H24F2N6O3S/c1-13(2)15-8-18(15)26-33-34-27(39-26)32-25(37)19-11-31-22(35-6-5-14(3)7-23(35)36)10-16(19)17-9-20(24(28)29)30-12-21(17)38-4/h5-7,9-12,15,18,24H,1,8H2,2-4H3,(H,32,34,37)/t15-,18?/m0/s1. The number of halogens is 2. The molecule has 1 aliphatic carbocycles. The molecule has 2 atom stereocenters. The second-order valence-electron chi connectivity index (χ2n) is 9.31. The Hall–Kier alpha value is -4.32. The Bertz CT molecular complexity index is 1650. The summed E-state index contributed by atoms with van der Waals surface area (Å²) >= 11 is 1.27. The number of carbonyl (C=O) groups excluding carboxylic acids is 1. The van der Waals surface area contributed by atoms with E-state index in [1.165, 1.54) is 47.5 Å². The summed E-state index contributed by atoms with van der Waals surface area (Å²) < 4.78 is 33.8. The molecule has 1 fully saturated rings. The van der Waals surface area contributed by atoms with Gasteiger partial charge in [0.2, 0.25) is 5.13 Å². The number of allylic oxidation sites excluding steroid dienone is 1. The topological polar surface area (TPSA) is 112 Å². The fourth-order valence-electron chi connectivity index (χ4n) is 4.31. The molecule has 39 heavy (non-hydrogen) atoms. The Kier molecular flexibility index (Phi) is 7.04. The summed E-state index contributed by atoms with van der Waals surface area (Å²) in [6.45, 7) is 7.75. The zero-order valence-electron chi connectivity index (χ0n) is 21.3. The summed E-state index contributed by atoms with van der Waals surface area (Å²) in [6, 6.07) is 5.81. The highest BCUT2D eigenvalue weighted by Gasteiger charge is 2.41.